The predicted octanol–water partition coefficient (Wildman–Crippen LogP) is 4.91. The van der Waals surface area contributed by atoms with Crippen molar-refractivity contribution in [3.63, 3.8) is 0 Å². The Morgan fingerprint density at radius 1 is 0.971 bits per heavy atom. The summed E-state index contributed by atoms with van der Waals surface area (Å²) >= 11 is 1.46. The predicted molar refractivity (Wildman–Crippen MR) is 138 cm³/mol. The van der Waals surface area contributed by atoms with E-state index in [4.69, 9.17) is 14.7 Å². The van der Waals surface area contributed by atoms with E-state index in [0.29, 0.717) is 18.1 Å². The first-order valence-corrected chi connectivity index (χ1v) is 13.7. The Balaban J connectivity index is 1.09. The Kier molecular flexibility index (Phi) is 5.32. The molecule has 6 aliphatic rings. The van der Waals surface area contributed by atoms with Gasteiger partial charge in [-0.2, -0.15) is 4.99 Å². The molecule has 0 N–H and O–H groups in total. The van der Waals surface area contributed by atoms with Gasteiger partial charge in [0.05, 0.1) is 23.8 Å². The highest BCUT2D eigenvalue weighted by atomic mass is 32.2. The Morgan fingerprint density at radius 2 is 1.66 bits per heavy atom. The zero-order valence-electron chi connectivity index (χ0n) is 19.9. The van der Waals surface area contributed by atoms with Crippen LogP contribution in [0.25, 0.3) is 17.3 Å². The van der Waals surface area contributed by atoms with Crippen LogP contribution in [0.4, 0.5) is 0 Å². The number of aliphatic imine (C=N–C) groups is 1. The Hall–Kier alpha value is -2.51. The topological polar surface area (TPSA) is 67.7 Å². The molecule has 1 amide bonds. The highest BCUT2D eigenvalue weighted by Gasteiger charge is 2.53. The summed E-state index contributed by atoms with van der Waals surface area (Å²) in [6, 6.07) is 10.4. The number of carbonyl (C=O) groups is 1. The van der Waals surface area contributed by atoms with Gasteiger partial charge in [-0.3, -0.25) is 4.79 Å². The average Bonchev–Trinajstić information content (AvgIpc) is 3.24. The number of amidine groups is 1. The Bertz CT molecular complexity index is 1180. The van der Waals surface area contributed by atoms with Gasteiger partial charge in [-0.05, 0) is 85.7 Å². The van der Waals surface area contributed by atoms with Crippen molar-refractivity contribution in [2.24, 2.45) is 22.7 Å². The largest absolute Gasteiger partial charge is 0.378 e. The minimum Gasteiger partial charge on any atom is -0.378 e. The first-order valence-electron chi connectivity index (χ1n) is 12.9. The fraction of sp³-hybridized carbons (Fsp3) is 0.500. The summed E-state index contributed by atoms with van der Waals surface area (Å²) in [4.78, 5) is 29.5. The molecule has 180 valence electrons. The van der Waals surface area contributed by atoms with Gasteiger partial charge in [0.1, 0.15) is 5.82 Å². The van der Waals surface area contributed by atoms with Gasteiger partial charge < -0.3 is 9.64 Å². The van der Waals surface area contributed by atoms with Gasteiger partial charge in [0.15, 0.2) is 5.17 Å². The zero-order valence-corrected chi connectivity index (χ0v) is 20.7. The number of hydrogen-bond donors (Lipinski definition) is 0. The Labute approximate surface area is 210 Å². The smallest absolute Gasteiger partial charge is 0.286 e. The number of carbonyl (C=O) groups excluding carboxylic acids is 1. The molecule has 0 spiro atoms. The quantitative estimate of drug-likeness (QED) is 0.574. The molecule has 35 heavy (non-hydrogen) atoms. The lowest BCUT2D eigenvalue weighted by Crippen LogP contribution is -2.49. The van der Waals surface area contributed by atoms with Gasteiger partial charge in [-0.15, -0.1) is 0 Å². The molecule has 7 heteroatoms. The second kappa shape index (κ2) is 8.56. The fourth-order valence-electron chi connectivity index (χ4n) is 7.35. The van der Waals surface area contributed by atoms with Crippen molar-refractivity contribution < 1.29 is 9.53 Å². The maximum atomic E-state index is 12.5. The van der Waals surface area contributed by atoms with E-state index in [1.54, 1.807) is 0 Å². The van der Waals surface area contributed by atoms with Crippen molar-refractivity contribution in [2.45, 2.75) is 43.9 Å². The van der Waals surface area contributed by atoms with Crippen LogP contribution in [-0.2, 0) is 14.9 Å². The van der Waals surface area contributed by atoms with Crippen molar-refractivity contribution in [3.05, 3.63) is 52.8 Å². The van der Waals surface area contributed by atoms with E-state index >= 15 is 0 Å². The van der Waals surface area contributed by atoms with Crippen LogP contribution < -0.4 is 0 Å². The van der Waals surface area contributed by atoms with Crippen molar-refractivity contribution in [2.75, 3.05) is 26.3 Å². The maximum absolute atomic E-state index is 12.5. The van der Waals surface area contributed by atoms with Crippen LogP contribution in [0.2, 0.25) is 0 Å². The van der Waals surface area contributed by atoms with Crippen molar-refractivity contribution >= 4 is 28.9 Å². The SMILES string of the molecule is O=C1N=C(N2CCOCC2)SC1=Cc1ccc(-c2ccnc(C34CC5CC(CC(C5)C3)C4)n2)cc1. The number of thioether (sulfide) groups is 1. The second-order valence-electron chi connectivity index (χ2n) is 11.0. The van der Waals surface area contributed by atoms with Gasteiger partial charge >= 0.3 is 0 Å². The van der Waals surface area contributed by atoms with Crippen LogP contribution in [0.3, 0.4) is 0 Å². The van der Waals surface area contributed by atoms with Gasteiger partial charge in [0.2, 0.25) is 0 Å². The zero-order chi connectivity index (χ0) is 23.4. The molecule has 0 radical (unpaired) electrons. The van der Waals surface area contributed by atoms with Crippen molar-refractivity contribution in [1.82, 2.24) is 14.9 Å². The lowest BCUT2D eigenvalue weighted by atomic mass is 9.49. The molecule has 1 aromatic heterocycles. The summed E-state index contributed by atoms with van der Waals surface area (Å²) in [7, 11) is 0. The third-order valence-electron chi connectivity index (χ3n) is 8.56. The minimum absolute atomic E-state index is 0.156. The summed E-state index contributed by atoms with van der Waals surface area (Å²) in [5, 5.41) is 0.791. The highest BCUT2D eigenvalue weighted by molar-refractivity contribution is 8.18. The van der Waals surface area contributed by atoms with Crippen molar-refractivity contribution in [1.29, 1.82) is 0 Å². The Morgan fingerprint density at radius 3 is 2.34 bits per heavy atom. The molecule has 1 aromatic carbocycles. The third-order valence-corrected chi connectivity index (χ3v) is 9.61. The maximum Gasteiger partial charge on any atom is 0.286 e. The third kappa shape index (κ3) is 4.02. The van der Waals surface area contributed by atoms with Crippen LogP contribution >= 0.6 is 11.8 Å². The normalized spacial score (nSPS) is 33.0. The number of hydrogen-bond acceptors (Lipinski definition) is 6. The number of nitrogens with zero attached hydrogens (tertiary/aromatic N) is 4. The van der Waals surface area contributed by atoms with E-state index in [0.717, 1.165) is 58.7 Å². The minimum atomic E-state index is -0.156. The van der Waals surface area contributed by atoms with Gasteiger partial charge in [-0.1, -0.05) is 24.3 Å². The van der Waals surface area contributed by atoms with Crippen molar-refractivity contribution in [3.8, 4) is 11.3 Å². The van der Waals surface area contributed by atoms with Crippen LogP contribution in [0, 0.1) is 17.8 Å². The lowest BCUT2D eigenvalue weighted by Gasteiger charge is -2.56. The molecule has 3 heterocycles. The summed E-state index contributed by atoms with van der Waals surface area (Å²) < 4.78 is 5.41. The summed E-state index contributed by atoms with van der Waals surface area (Å²) in [5.41, 5.74) is 3.29. The molecule has 2 aliphatic heterocycles. The highest BCUT2D eigenvalue weighted by Crippen LogP contribution is 2.60. The number of rotatable bonds is 3. The van der Waals surface area contributed by atoms with E-state index in [1.165, 1.54) is 50.3 Å². The summed E-state index contributed by atoms with van der Waals surface area (Å²) in [6.45, 7) is 2.93. The number of benzene rings is 1. The van der Waals surface area contributed by atoms with E-state index < -0.39 is 0 Å². The molecule has 2 aromatic rings. The van der Waals surface area contributed by atoms with Crippen LogP contribution in [-0.4, -0.2) is 52.2 Å². The summed E-state index contributed by atoms with van der Waals surface area (Å²) in [5.74, 6) is 3.55. The van der Waals surface area contributed by atoms with E-state index in [2.05, 4.69) is 34.2 Å². The number of amides is 1. The standard InChI is InChI=1S/C28H30N4O2S/c33-25-24(35-27(31-25)32-7-9-34-10-8-32)14-18-1-3-22(4-2-18)23-5-6-29-26(30-23)28-15-19-11-20(16-28)13-21(12-19)17-28/h1-6,14,19-21H,7-13,15-17H2. The number of ether oxygens (including phenoxy) is 1. The average molecular weight is 487 g/mol. The van der Waals surface area contributed by atoms with Crippen LogP contribution in [0.15, 0.2) is 46.4 Å². The molecular weight excluding hydrogens is 456 g/mol. The molecule has 5 fully saturated rings. The van der Waals surface area contributed by atoms with E-state index in [9.17, 15) is 4.79 Å². The van der Waals surface area contributed by atoms with E-state index in [1.807, 2.05) is 18.3 Å². The molecule has 1 saturated heterocycles. The first-order chi connectivity index (χ1) is 17.1. The van der Waals surface area contributed by atoms with Gasteiger partial charge in [0, 0.05) is 30.3 Å². The van der Waals surface area contributed by atoms with Crippen LogP contribution in [0.1, 0.15) is 49.9 Å². The molecule has 8 rings (SSSR count). The number of aromatic nitrogens is 2. The van der Waals surface area contributed by atoms with Gasteiger partial charge in [0.25, 0.3) is 5.91 Å². The summed E-state index contributed by atoms with van der Waals surface area (Å²) in [6.07, 6.45) is 12.0. The first kappa shape index (κ1) is 21.7. The molecule has 4 saturated carbocycles. The molecule has 0 atom stereocenters. The van der Waals surface area contributed by atoms with E-state index in [-0.39, 0.29) is 11.3 Å². The molecular formula is C28H30N4O2S. The molecule has 4 bridgehead atoms. The molecule has 6 nitrogen and oxygen atoms in total. The monoisotopic (exact) mass is 486 g/mol. The second-order valence-corrected chi connectivity index (χ2v) is 12.0. The fourth-order valence-corrected chi connectivity index (χ4v) is 8.31. The lowest BCUT2D eigenvalue weighted by molar-refractivity contribution is -0.113. The number of morpholine rings is 1. The molecule has 0 unspecified atom stereocenters. The van der Waals surface area contributed by atoms with Crippen LogP contribution in [0.5, 0.6) is 0 Å². The van der Waals surface area contributed by atoms with Gasteiger partial charge in [-0.25, -0.2) is 9.97 Å². The molecule has 4 aliphatic carbocycles.